The Morgan fingerprint density at radius 2 is 1.83 bits per heavy atom. The van der Waals surface area contributed by atoms with Crippen molar-refractivity contribution in [3.63, 3.8) is 0 Å². The third-order valence-electron chi connectivity index (χ3n) is 2.06. The van der Waals surface area contributed by atoms with Gasteiger partial charge in [0.2, 0.25) is 5.91 Å². The van der Waals surface area contributed by atoms with Crippen LogP contribution in [-0.4, -0.2) is 40.9 Å². The molecule has 7 heteroatoms. The van der Waals surface area contributed by atoms with Crippen LogP contribution >= 0.6 is 11.6 Å². The fourth-order valence-corrected chi connectivity index (χ4v) is 1.57. The summed E-state index contributed by atoms with van der Waals surface area (Å²) >= 11 is 5.83. The Bertz CT molecular complexity index is 474. The molecule has 0 fully saturated rings. The molecule has 1 aromatic rings. The maximum atomic E-state index is 12.0. The van der Waals surface area contributed by atoms with Crippen molar-refractivity contribution in [1.82, 2.24) is 4.90 Å². The zero-order chi connectivity index (χ0) is 13.7. The highest BCUT2D eigenvalue weighted by atomic mass is 35.5. The van der Waals surface area contributed by atoms with E-state index in [-0.39, 0.29) is 10.6 Å². The number of carbonyl (C=O) groups is 3. The summed E-state index contributed by atoms with van der Waals surface area (Å²) in [6.45, 7) is -1.09. The molecular formula is C11H11ClN2O4. The van der Waals surface area contributed by atoms with E-state index < -0.39 is 30.9 Å². The van der Waals surface area contributed by atoms with Gasteiger partial charge in [0.15, 0.2) is 0 Å². The smallest absolute Gasteiger partial charge is 0.323 e. The first-order valence-corrected chi connectivity index (χ1v) is 5.33. The minimum absolute atomic E-state index is 0.127. The van der Waals surface area contributed by atoms with Crippen LogP contribution in [0.2, 0.25) is 5.02 Å². The van der Waals surface area contributed by atoms with Crippen molar-refractivity contribution in [2.75, 3.05) is 13.1 Å². The topological polar surface area (TPSA) is 101 Å². The van der Waals surface area contributed by atoms with E-state index in [4.69, 9.17) is 22.4 Å². The lowest BCUT2D eigenvalue weighted by molar-refractivity contribution is -0.138. The second-order valence-corrected chi connectivity index (χ2v) is 3.91. The number of halogens is 1. The maximum Gasteiger partial charge on any atom is 0.323 e. The predicted octanol–water partition coefficient (Wildman–Crippen LogP) is 0.352. The summed E-state index contributed by atoms with van der Waals surface area (Å²) in [5, 5.41) is 8.87. The van der Waals surface area contributed by atoms with Gasteiger partial charge in [-0.3, -0.25) is 14.4 Å². The summed E-state index contributed by atoms with van der Waals surface area (Å²) in [5.41, 5.74) is 5.09. The summed E-state index contributed by atoms with van der Waals surface area (Å²) in [6.07, 6.45) is 0. The molecule has 0 bridgehead atoms. The lowest BCUT2D eigenvalue weighted by atomic mass is 10.2. The standard InChI is InChI=1S/C11H11ClN2O4/c12-8-4-2-1-3-7(8)11(18)14(5-9(13)15)6-10(16)17/h1-4H,5-6H2,(H2,13,15)(H,16,17). The minimum Gasteiger partial charge on any atom is -0.480 e. The van der Waals surface area contributed by atoms with E-state index in [1.165, 1.54) is 12.1 Å². The second kappa shape index (κ2) is 6.02. The number of rotatable bonds is 5. The normalized spacial score (nSPS) is 9.83. The highest BCUT2D eigenvalue weighted by Crippen LogP contribution is 2.16. The number of nitrogens with zero attached hydrogens (tertiary/aromatic N) is 1. The molecule has 18 heavy (non-hydrogen) atoms. The van der Waals surface area contributed by atoms with Gasteiger partial charge < -0.3 is 15.7 Å². The maximum absolute atomic E-state index is 12.0. The van der Waals surface area contributed by atoms with E-state index in [0.29, 0.717) is 0 Å². The SMILES string of the molecule is NC(=O)CN(CC(=O)O)C(=O)c1ccccc1Cl. The van der Waals surface area contributed by atoms with Crippen molar-refractivity contribution < 1.29 is 19.5 Å². The molecule has 0 aliphatic carbocycles. The van der Waals surface area contributed by atoms with Crippen LogP contribution in [0.4, 0.5) is 0 Å². The fraction of sp³-hybridized carbons (Fsp3) is 0.182. The molecule has 0 unspecified atom stereocenters. The molecule has 6 nitrogen and oxygen atoms in total. The van der Waals surface area contributed by atoms with Gasteiger partial charge in [-0.2, -0.15) is 0 Å². The number of carboxylic acid groups (broad SMARTS) is 1. The van der Waals surface area contributed by atoms with Gasteiger partial charge in [0, 0.05) is 0 Å². The van der Waals surface area contributed by atoms with E-state index >= 15 is 0 Å². The predicted molar refractivity (Wildman–Crippen MR) is 64.2 cm³/mol. The summed E-state index contributed by atoms with van der Waals surface area (Å²) in [5.74, 6) is -2.69. The van der Waals surface area contributed by atoms with E-state index in [0.717, 1.165) is 4.90 Å². The lowest BCUT2D eigenvalue weighted by Crippen LogP contribution is -2.41. The van der Waals surface area contributed by atoms with Crippen LogP contribution in [-0.2, 0) is 9.59 Å². The van der Waals surface area contributed by atoms with Crippen LogP contribution in [0.25, 0.3) is 0 Å². The van der Waals surface area contributed by atoms with Crippen molar-refractivity contribution in [1.29, 1.82) is 0 Å². The van der Waals surface area contributed by atoms with Gasteiger partial charge in [-0.1, -0.05) is 23.7 Å². The Hall–Kier alpha value is -2.08. The Kier molecular flexibility index (Phi) is 4.67. The summed E-state index contributed by atoms with van der Waals surface area (Å²) < 4.78 is 0. The molecule has 0 saturated heterocycles. The molecular weight excluding hydrogens is 260 g/mol. The Labute approximate surface area is 108 Å². The zero-order valence-electron chi connectivity index (χ0n) is 9.30. The highest BCUT2D eigenvalue weighted by molar-refractivity contribution is 6.33. The van der Waals surface area contributed by atoms with Gasteiger partial charge in [0.05, 0.1) is 10.6 Å². The summed E-state index contributed by atoms with van der Waals surface area (Å²) in [4.78, 5) is 34.3. The molecule has 1 rings (SSSR count). The molecule has 0 atom stereocenters. The number of amides is 2. The molecule has 1 aromatic carbocycles. The summed E-state index contributed by atoms with van der Waals surface area (Å²) in [7, 11) is 0. The molecule has 0 radical (unpaired) electrons. The van der Waals surface area contributed by atoms with E-state index in [1.807, 2.05) is 0 Å². The number of benzene rings is 1. The monoisotopic (exact) mass is 270 g/mol. The highest BCUT2D eigenvalue weighted by Gasteiger charge is 2.21. The number of carbonyl (C=O) groups excluding carboxylic acids is 2. The first-order chi connectivity index (χ1) is 8.41. The Balaban J connectivity index is 2.98. The van der Waals surface area contributed by atoms with Crippen molar-refractivity contribution in [2.45, 2.75) is 0 Å². The number of aliphatic carboxylic acids is 1. The molecule has 96 valence electrons. The Morgan fingerprint density at radius 1 is 1.22 bits per heavy atom. The first kappa shape index (κ1) is 14.0. The molecule has 0 spiro atoms. The number of hydrogen-bond acceptors (Lipinski definition) is 3. The minimum atomic E-state index is -1.24. The average Bonchev–Trinajstić information content (AvgIpc) is 2.26. The second-order valence-electron chi connectivity index (χ2n) is 3.50. The zero-order valence-corrected chi connectivity index (χ0v) is 10.1. The molecule has 0 heterocycles. The van der Waals surface area contributed by atoms with Gasteiger partial charge in [-0.15, -0.1) is 0 Å². The van der Waals surface area contributed by atoms with Crippen molar-refractivity contribution >= 4 is 29.4 Å². The van der Waals surface area contributed by atoms with Crippen molar-refractivity contribution in [2.24, 2.45) is 5.73 Å². The van der Waals surface area contributed by atoms with Crippen LogP contribution in [0.3, 0.4) is 0 Å². The number of carboxylic acids is 1. The number of hydrogen-bond donors (Lipinski definition) is 2. The van der Waals surface area contributed by atoms with Crippen LogP contribution in [0.1, 0.15) is 10.4 Å². The fourth-order valence-electron chi connectivity index (χ4n) is 1.36. The third kappa shape index (κ3) is 3.74. The molecule has 0 aliphatic heterocycles. The van der Waals surface area contributed by atoms with Crippen LogP contribution in [0.15, 0.2) is 24.3 Å². The Morgan fingerprint density at radius 3 is 2.33 bits per heavy atom. The van der Waals surface area contributed by atoms with Gasteiger partial charge in [-0.05, 0) is 12.1 Å². The van der Waals surface area contributed by atoms with Crippen LogP contribution < -0.4 is 5.73 Å². The quantitative estimate of drug-likeness (QED) is 0.806. The summed E-state index contributed by atoms with van der Waals surface area (Å²) in [6, 6.07) is 6.16. The molecule has 2 amide bonds. The van der Waals surface area contributed by atoms with Crippen LogP contribution in [0.5, 0.6) is 0 Å². The van der Waals surface area contributed by atoms with Crippen molar-refractivity contribution in [3.05, 3.63) is 34.9 Å². The largest absolute Gasteiger partial charge is 0.480 e. The van der Waals surface area contributed by atoms with E-state index in [2.05, 4.69) is 0 Å². The van der Waals surface area contributed by atoms with Gasteiger partial charge in [-0.25, -0.2) is 0 Å². The molecule has 0 aromatic heterocycles. The average molecular weight is 271 g/mol. The van der Waals surface area contributed by atoms with Crippen LogP contribution in [0, 0.1) is 0 Å². The molecule has 0 saturated carbocycles. The van der Waals surface area contributed by atoms with Gasteiger partial charge >= 0.3 is 5.97 Å². The van der Waals surface area contributed by atoms with Gasteiger partial charge in [0.25, 0.3) is 5.91 Å². The lowest BCUT2D eigenvalue weighted by Gasteiger charge is -2.19. The molecule has 0 aliphatic rings. The van der Waals surface area contributed by atoms with Crippen molar-refractivity contribution in [3.8, 4) is 0 Å². The molecule has 3 N–H and O–H groups in total. The number of primary amides is 1. The van der Waals surface area contributed by atoms with E-state index in [1.54, 1.807) is 12.1 Å². The van der Waals surface area contributed by atoms with Gasteiger partial charge in [0.1, 0.15) is 13.1 Å². The number of nitrogens with two attached hydrogens (primary N) is 1. The third-order valence-corrected chi connectivity index (χ3v) is 2.39. The van der Waals surface area contributed by atoms with E-state index in [9.17, 15) is 14.4 Å². The first-order valence-electron chi connectivity index (χ1n) is 4.95.